The second-order valence-electron chi connectivity index (χ2n) is 4.56. The van der Waals surface area contributed by atoms with E-state index in [4.69, 9.17) is 0 Å². The van der Waals surface area contributed by atoms with Crippen LogP contribution < -0.4 is 5.32 Å². The zero-order valence-electron chi connectivity index (χ0n) is 10.6. The molecule has 3 rings (SSSR count). The highest BCUT2D eigenvalue weighted by Crippen LogP contribution is 2.39. The van der Waals surface area contributed by atoms with Gasteiger partial charge < -0.3 is 5.32 Å². The summed E-state index contributed by atoms with van der Waals surface area (Å²) in [6.07, 6.45) is 1.97. The third kappa shape index (κ3) is 2.15. The molecule has 2 heterocycles. The van der Waals surface area contributed by atoms with Crippen molar-refractivity contribution in [3.8, 4) is 0 Å². The van der Waals surface area contributed by atoms with Crippen molar-refractivity contribution in [1.29, 1.82) is 0 Å². The van der Waals surface area contributed by atoms with Crippen LogP contribution in [0.1, 0.15) is 20.9 Å². The summed E-state index contributed by atoms with van der Waals surface area (Å²) < 4.78 is 1.02. The summed E-state index contributed by atoms with van der Waals surface area (Å²) in [5, 5.41) is 2.92. The Hall–Kier alpha value is -1.39. The minimum Gasteiger partial charge on any atom is -0.321 e. The number of halogens is 1. The summed E-state index contributed by atoms with van der Waals surface area (Å²) in [5.41, 5.74) is 3.74. The maximum absolute atomic E-state index is 12.1. The van der Waals surface area contributed by atoms with Gasteiger partial charge in [0, 0.05) is 25.5 Å². The second kappa shape index (κ2) is 4.62. The van der Waals surface area contributed by atoms with Crippen molar-refractivity contribution in [2.24, 2.45) is 0 Å². The SMILES string of the molecule is Cc1ccc(C=C2C(=O)Nc3ccc(Br)c(C)c32)s1. The normalized spacial score (nSPS) is 15.7. The predicted molar refractivity (Wildman–Crippen MR) is 84.4 cm³/mol. The van der Waals surface area contributed by atoms with Gasteiger partial charge in [0.15, 0.2) is 0 Å². The predicted octanol–water partition coefficient (Wildman–Crippen LogP) is 4.62. The molecule has 0 aliphatic carbocycles. The lowest BCUT2D eigenvalue weighted by atomic mass is 10.0. The molecule has 0 unspecified atom stereocenters. The van der Waals surface area contributed by atoms with Crippen LogP contribution in [0.15, 0.2) is 28.7 Å². The first-order chi connectivity index (χ1) is 9.06. The first-order valence-electron chi connectivity index (χ1n) is 5.95. The van der Waals surface area contributed by atoms with Crippen LogP contribution in [0, 0.1) is 13.8 Å². The monoisotopic (exact) mass is 333 g/mol. The number of hydrogen-bond donors (Lipinski definition) is 1. The number of carbonyl (C=O) groups is 1. The van der Waals surface area contributed by atoms with Gasteiger partial charge in [0.2, 0.25) is 0 Å². The van der Waals surface area contributed by atoms with Crippen molar-refractivity contribution in [3.05, 3.63) is 49.6 Å². The Bertz CT molecular complexity index is 715. The molecular formula is C15H12BrNOS. The number of amides is 1. The molecule has 2 aromatic rings. The number of aryl methyl sites for hydroxylation is 1. The first kappa shape index (κ1) is 12.6. The molecular weight excluding hydrogens is 322 g/mol. The molecule has 1 N–H and O–H groups in total. The zero-order chi connectivity index (χ0) is 13.6. The standard InChI is InChI=1S/C15H12BrNOS/c1-8-3-4-10(19-8)7-11-14-9(2)12(16)5-6-13(14)17-15(11)18/h3-7H,1-2H3,(H,17,18). The van der Waals surface area contributed by atoms with Crippen LogP contribution in [-0.2, 0) is 4.79 Å². The van der Waals surface area contributed by atoms with E-state index in [1.807, 2.05) is 31.2 Å². The minimum absolute atomic E-state index is 0.0257. The van der Waals surface area contributed by atoms with Gasteiger partial charge >= 0.3 is 0 Å². The lowest BCUT2D eigenvalue weighted by Gasteiger charge is -2.05. The number of carbonyl (C=O) groups excluding carboxylic acids is 1. The number of benzene rings is 1. The summed E-state index contributed by atoms with van der Waals surface area (Å²) in [6, 6.07) is 8.02. The molecule has 4 heteroatoms. The van der Waals surface area contributed by atoms with Gasteiger partial charge in [-0.15, -0.1) is 11.3 Å². The van der Waals surface area contributed by atoms with Crippen molar-refractivity contribution in [3.63, 3.8) is 0 Å². The number of anilines is 1. The Balaban J connectivity index is 2.17. The van der Waals surface area contributed by atoms with E-state index in [1.165, 1.54) is 4.88 Å². The van der Waals surface area contributed by atoms with Gasteiger partial charge in [0.25, 0.3) is 5.91 Å². The van der Waals surface area contributed by atoms with Crippen molar-refractivity contribution in [2.75, 3.05) is 5.32 Å². The largest absolute Gasteiger partial charge is 0.321 e. The van der Waals surface area contributed by atoms with Crippen LogP contribution in [0.3, 0.4) is 0 Å². The van der Waals surface area contributed by atoms with E-state index in [1.54, 1.807) is 11.3 Å². The second-order valence-corrected chi connectivity index (χ2v) is 6.73. The van der Waals surface area contributed by atoms with Crippen LogP contribution in [-0.4, -0.2) is 5.91 Å². The highest BCUT2D eigenvalue weighted by Gasteiger charge is 2.26. The number of hydrogen-bond acceptors (Lipinski definition) is 2. The fourth-order valence-corrected chi connectivity index (χ4v) is 3.40. The summed E-state index contributed by atoms with van der Waals surface area (Å²) in [6.45, 7) is 4.09. The highest BCUT2D eigenvalue weighted by molar-refractivity contribution is 9.10. The number of thiophene rings is 1. The van der Waals surface area contributed by atoms with E-state index in [0.717, 1.165) is 31.7 Å². The quantitative estimate of drug-likeness (QED) is 0.758. The molecule has 0 spiro atoms. The topological polar surface area (TPSA) is 29.1 Å². The fourth-order valence-electron chi connectivity index (χ4n) is 2.25. The molecule has 96 valence electrons. The van der Waals surface area contributed by atoms with E-state index in [2.05, 4.69) is 34.2 Å². The average Bonchev–Trinajstić information content (AvgIpc) is 2.90. The van der Waals surface area contributed by atoms with Gasteiger partial charge in [0.1, 0.15) is 0 Å². The van der Waals surface area contributed by atoms with E-state index in [0.29, 0.717) is 0 Å². The molecule has 0 atom stereocenters. The zero-order valence-corrected chi connectivity index (χ0v) is 13.0. The summed E-state index contributed by atoms with van der Waals surface area (Å²) >= 11 is 5.22. The van der Waals surface area contributed by atoms with Crippen LogP contribution in [0.4, 0.5) is 5.69 Å². The average molecular weight is 334 g/mol. The molecule has 1 amide bonds. The Morgan fingerprint density at radius 3 is 2.68 bits per heavy atom. The third-order valence-electron chi connectivity index (χ3n) is 3.21. The molecule has 0 fully saturated rings. The molecule has 1 aliphatic rings. The van der Waals surface area contributed by atoms with Crippen molar-refractivity contribution in [1.82, 2.24) is 0 Å². The molecule has 0 bridgehead atoms. The molecule has 19 heavy (non-hydrogen) atoms. The first-order valence-corrected chi connectivity index (χ1v) is 7.56. The number of nitrogens with one attached hydrogen (secondary N) is 1. The van der Waals surface area contributed by atoms with E-state index < -0.39 is 0 Å². The van der Waals surface area contributed by atoms with Crippen molar-refractivity contribution < 1.29 is 4.79 Å². The summed E-state index contributed by atoms with van der Waals surface area (Å²) in [5.74, 6) is -0.0257. The molecule has 1 aromatic heterocycles. The van der Waals surface area contributed by atoms with Crippen molar-refractivity contribution >= 4 is 50.5 Å². The lowest BCUT2D eigenvalue weighted by Crippen LogP contribution is -2.03. The summed E-state index contributed by atoms with van der Waals surface area (Å²) in [4.78, 5) is 14.5. The maximum atomic E-state index is 12.1. The molecule has 0 radical (unpaired) electrons. The lowest BCUT2D eigenvalue weighted by molar-refractivity contribution is -0.110. The van der Waals surface area contributed by atoms with E-state index in [9.17, 15) is 4.79 Å². The van der Waals surface area contributed by atoms with Gasteiger partial charge in [-0.3, -0.25) is 4.79 Å². The Morgan fingerprint density at radius 2 is 2.00 bits per heavy atom. The third-order valence-corrected chi connectivity index (χ3v) is 5.02. The Morgan fingerprint density at radius 1 is 1.21 bits per heavy atom. The van der Waals surface area contributed by atoms with Crippen LogP contribution in [0.5, 0.6) is 0 Å². The number of rotatable bonds is 1. The van der Waals surface area contributed by atoms with Gasteiger partial charge in [-0.05, 0) is 49.8 Å². The molecule has 0 saturated heterocycles. The number of fused-ring (bicyclic) bond motifs is 1. The van der Waals surface area contributed by atoms with Gasteiger partial charge in [-0.25, -0.2) is 0 Å². The van der Waals surface area contributed by atoms with E-state index in [-0.39, 0.29) is 5.91 Å². The van der Waals surface area contributed by atoms with Crippen LogP contribution in [0.2, 0.25) is 0 Å². The van der Waals surface area contributed by atoms with Gasteiger partial charge in [-0.1, -0.05) is 15.9 Å². The van der Waals surface area contributed by atoms with Gasteiger partial charge in [-0.2, -0.15) is 0 Å². The summed E-state index contributed by atoms with van der Waals surface area (Å²) in [7, 11) is 0. The van der Waals surface area contributed by atoms with Crippen LogP contribution >= 0.6 is 27.3 Å². The van der Waals surface area contributed by atoms with Gasteiger partial charge in [0.05, 0.1) is 5.57 Å². The van der Waals surface area contributed by atoms with E-state index >= 15 is 0 Å². The Kier molecular flexibility index (Phi) is 3.07. The maximum Gasteiger partial charge on any atom is 0.256 e. The molecule has 1 aromatic carbocycles. The van der Waals surface area contributed by atoms with Crippen LogP contribution in [0.25, 0.3) is 11.6 Å². The smallest absolute Gasteiger partial charge is 0.256 e. The fraction of sp³-hybridized carbons (Fsp3) is 0.133. The minimum atomic E-state index is -0.0257. The molecule has 1 aliphatic heterocycles. The Labute approximate surface area is 124 Å². The van der Waals surface area contributed by atoms with Crippen molar-refractivity contribution in [2.45, 2.75) is 13.8 Å². The molecule has 0 saturated carbocycles. The highest BCUT2D eigenvalue weighted by atomic mass is 79.9. The molecule has 2 nitrogen and oxygen atoms in total.